The number of rotatable bonds is 0. The van der Waals surface area contributed by atoms with E-state index in [0.717, 1.165) is 30.9 Å². The molecule has 18 heavy (non-hydrogen) atoms. The first-order valence-corrected chi connectivity index (χ1v) is 6.48. The lowest BCUT2D eigenvalue weighted by atomic mass is 10.0. The number of H-pyrrole nitrogens is 1. The second-order valence-corrected chi connectivity index (χ2v) is 5.15. The van der Waals surface area contributed by atoms with E-state index in [9.17, 15) is 0 Å². The minimum absolute atomic E-state index is 0.956. The monoisotopic (exact) mass is 240 g/mol. The molecule has 0 radical (unpaired) electrons. The van der Waals surface area contributed by atoms with E-state index in [2.05, 4.69) is 29.4 Å². The molecule has 4 rings (SSSR count). The number of hydrogen-bond donors (Lipinski definition) is 2. The second kappa shape index (κ2) is 3.39. The molecule has 0 saturated carbocycles. The van der Waals surface area contributed by atoms with Crippen LogP contribution < -0.4 is 5.32 Å². The quantitative estimate of drug-likeness (QED) is 0.633. The average molecular weight is 240 g/mol. The zero-order chi connectivity index (χ0) is 12.3. The Kier molecular flexibility index (Phi) is 1.92. The lowest BCUT2D eigenvalue weighted by Crippen LogP contribution is -2.22. The standard InChI is InChI=1S/C15H16N2O/c1-8-9(2)18-13-4-3-12-15(14(8)13)10-7-16-6-5-11(10)17-12/h3-4,16-17H,5-7H2,1-2H3. The molecule has 0 fully saturated rings. The van der Waals surface area contributed by atoms with Crippen molar-refractivity contribution in [1.29, 1.82) is 0 Å². The largest absolute Gasteiger partial charge is 0.461 e. The first-order chi connectivity index (χ1) is 8.75. The van der Waals surface area contributed by atoms with Gasteiger partial charge in [0, 0.05) is 41.5 Å². The van der Waals surface area contributed by atoms with E-state index >= 15 is 0 Å². The molecule has 1 aromatic carbocycles. The minimum atomic E-state index is 0.956. The van der Waals surface area contributed by atoms with Crippen LogP contribution in [0, 0.1) is 13.8 Å². The maximum Gasteiger partial charge on any atom is 0.135 e. The number of aromatic nitrogens is 1. The number of furan rings is 1. The Morgan fingerprint density at radius 1 is 1.17 bits per heavy atom. The third-order valence-corrected chi connectivity index (χ3v) is 4.14. The fourth-order valence-corrected chi connectivity index (χ4v) is 3.10. The van der Waals surface area contributed by atoms with Crippen LogP contribution in [0.5, 0.6) is 0 Å². The summed E-state index contributed by atoms with van der Waals surface area (Å²) >= 11 is 0. The van der Waals surface area contributed by atoms with Crippen LogP contribution >= 0.6 is 0 Å². The number of benzene rings is 1. The second-order valence-electron chi connectivity index (χ2n) is 5.15. The zero-order valence-corrected chi connectivity index (χ0v) is 10.7. The molecule has 0 amide bonds. The SMILES string of the molecule is Cc1oc2ccc3[nH]c4c(c3c2c1C)CNCC4. The van der Waals surface area contributed by atoms with Crippen LogP contribution in [0.4, 0.5) is 0 Å². The molecule has 0 bridgehead atoms. The Balaban J connectivity index is 2.22. The van der Waals surface area contributed by atoms with Crippen LogP contribution in [-0.4, -0.2) is 11.5 Å². The van der Waals surface area contributed by atoms with Crippen molar-refractivity contribution in [2.45, 2.75) is 26.8 Å². The van der Waals surface area contributed by atoms with Crippen LogP contribution in [0.15, 0.2) is 16.5 Å². The van der Waals surface area contributed by atoms with Gasteiger partial charge in [0.1, 0.15) is 11.3 Å². The van der Waals surface area contributed by atoms with E-state index in [0.29, 0.717) is 0 Å². The molecule has 92 valence electrons. The van der Waals surface area contributed by atoms with E-state index in [1.54, 1.807) is 0 Å². The fraction of sp³-hybridized carbons (Fsp3) is 0.333. The molecule has 0 unspecified atom stereocenters. The molecule has 1 aliphatic heterocycles. The summed E-state index contributed by atoms with van der Waals surface area (Å²) in [5, 5.41) is 6.09. The van der Waals surface area contributed by atoms with Gasteiger partial charge in [-0.25, -0.2) is 0 Å². The summed E-state index contributed by atoms with van der Waals surface area (Å²) < 4.78 is 5.83. The summed E-state index contributed by atoms with van der Waals surface area (Å²) in [5.74, 6) is 1.02. The van der Waals surface area contributed by atoms with Crippen LogP contribution in [0.3, 0.4) is 0 Å². The highest BCUT2D eigenvalue weighted by molar-refractivity contribution is 6.09. The molecule has 3 heteroatoms. The first-order valence-electron chi connectivity index (χ1n) is 6.48. The first kappa shape index (κ1) is 10.2. The highest BCUT2D eigenvalue weighted by atomic mass is 16.3. The van der Waals surface area contributed by atoms with Crippen molar-refractivity contribution >= 4 is 21.9 Å². The number of aryl methyl sites for hydroxylation is 2. The van der Waals surface area contributed by atoms with Crippen molar-refractivity contribution < 1.29 is 4.42 Å². The lowest BCUT2D eigenvalue weighted by Gasteiger charge is -2.12. The molecule has 2 N–H and O–H groups in total. The third kappa shape index (κ3) is 1.17. The number of nitrogens with one attached hydrogen (secondary N) is 2. The Morgan fingerprint density at radius 3 is 2.94 bits per heavy atom. The van der Waals surface area contributed by atoms with Gasteiger partial charge in [-0.2, -0.15) is 0 Å². The van der Waals surface area contributed by atoms with E-state index in [4.69, 9.17) is 4.42 Å². The summed E-state index contributed by atoms with van der Waals surface area (Å²) in [6.45, 7) is 6.21. The maximum absolute atomic E-state index is 5.83. The van der Waals surface area contributed by atoms with Gasteiger partial charge < -0.3 is 14.7 Å². The molecule has 2 aromatic heterocycles. The van der Waals surface area contributed by atoms with Gasteiger partial charge in [-0.05, 0) is 37.1 Å². The van der Waals surface area contributed by atoms with Gasteiger partial charge in [0.2, 0.25) is 0 Å². The summed E-state index contributed by atoms with van der Waals surface area (Å²) in [7, 11) is 0. The molecule has 0 spiro atoms. The summed E-state index contributed by atoms with van der Waals surface area (Å²) in [4.78, 5) is 3.56. The molecule has 0 aliphatic carbocycles. The van der Waals surface area contributed by atoms with E-state index in [1.807, 2.05) is 6.92 Å². The van der Waals surface area contributed by atoms with Crippen LogP contribution in [-0.2, 0) is 13.0 Å². The molecule has 3 nitrogen and oxygen atoms in total. The number of hydrogen-bond acceptors (Lipinski definition) is 2. The van der Waals surface area contributed by atoms with Crippen LogP contribution in [0.25, 0.3) is 21.9 Å². The average Bonchev–Trinajstić information content (AvgIpc) is 2.88. The molecule has 1 aliphatic rings. The minimum Gasteiger partial charge on any atom is -0.461 e. The molecule has 3 aromatic rings. The Labute approximate surface area is 105 Å². The lowest BCUT2D eigenvalue weighted by molar-refractivity contribution is 0.575. The predicted molar refractivity (Wildman–Crippen MR) is 73.0 cm³/mol. The van der Waals surface area contributed by atoms with Crippen molar-refractivity contribution in [2.75, 3.05) is 6.54 Å². The maximum atomic E-state index is 5.83. The van der Waals surface area contributed by atoms with Crippen molar-refractivity contribution in [3.63, 3.8) is 0 Å². The van der Waals surface area contributed by atoms with Crippen molar-refractivity contribution in [3.8, 4) is 0 Å². The fourth-order valence-electron chi connectivity index (χ4n) is 3.10. The third-order valence-electron chi connectivity index (χ3n) is 4.14. The number of aromatic amines is 1. The van der Waals surface area contributed by atoms with Gasteiger partial charge in [0.25, 0.3) is 0 Å². The normalized spacial score (nSPS) is 15.4. The Bertz CT molecular complexity index is 764. The Hall–Kier alpha value is -1.74. The van der Waals surface area contributed by atoms with Gasteiger partial charge in [-0.1, -0.05) is 0 Å². The molecular weight excluding hydrogens is 224 g/mol. The smallest absolute Gasteiger partial charge is 0.135 e. The molecule has 3 heterocycles. The van der Waals surface area contributed by atoms with Gasteiger partial charge in [-0.3, -0.25) is 0 Å². The van der Waals surface area contributed by atoms with Crippen LogP contribution in [0.2, 0.25) is 0 Å². The predicted octanol–water partition coefficient (Wildman–Crippen LogP) is 3.18. The van der Waals surface area contributed by atoms with Crippen molar-refractivity contribution in [1.82, 2.24) is 10.3 Å². The van der Waals surface area contributed by atoms with E-state index in [-0.39, 0.29) is 0 Å². The van der Waals surface area contributed by atoms with Gasteiger partial charge >= 0.3 is 0 Å². The van der Waals surface area contributed by atoms with Crippen molar-refractivity contribution in [3.05, 3.63) is 34.7 Å². The highest BCUT2D eigenvalue weighted by Crippen LogP contribution is 2.36. The van der Waals surface area contributed by atoms with Crippen LogP contribution in [0.1, 0.15) is 22.6 Å². The molecule has 0 saturated heterocycles. The summed E-state index contributed by atoms with van der Waals surface area (Å²) in [6.07, 6.45) is 1.08. The number of fused-ring (bicyclic) bond motifs is 5. The summed E-state index contributed by atoms with van der Waals surface area (Å²) in [5.41, 5.74) is 6.31. The van der Waals surface area contributed by atoms with Gasteiger partial charge in [-0.15, -0.1) is 0 Å². The summed E-state index contributed by atoms with van der Waals surface area (Å²) in [6, 6.07) is 4.21. The molecular formula is C15H16N2O. The van der Waals surface area contributed by atoms with Gasteiger partial charge in [0.05, 0.1) is 0 Å². The topological polar surface area (TPSA) is 41.0 Å². The Morgan fingerprint density at radius 2 is 2.06 bits per heavy atom. The van der Waals surface area contributed by atoms with Crippen molar-refractivity contribution in [2.24, 2.45) is 0 Å². The van der Waals surface area contributed by atoms with E-state index < -0.39 is 0 Å². The van der Waals surface area contributed by atoms with Gasteiger partial charge in [0.15, 0.2) is 0 Å². The molecule has 0 atom stereocenters. The van der Waals surface area contributed by atoms with E-state index in [1.165, 1.54) is 33.1 Å². The highest BCUT2D eigenvalue weighted by Gasteiger charge is 2.19. The zero-order valence-electron chi connectivity index (χ0n) is 10.7.